The topological polar surface area (TPSA) is 51.1 Å². The van der Waals surface area contributed by atoms with Gasteiger partial charge in [0.2, 0.25) is 5.96 Å². The third kappa shape index (κ3) is 6.28. The highest BCUT2D eigenvalue weighted by Gasteiger charge is 2.11. The molecular weight excluding hydrogens is 216 g/mol. The fourth-order valence-electron chi connectivity index (χ4n) is 1.32. The zero-order valence-electron chi connectivity index (χ0n) is 11.6. The lowest BCUT2D eigenvalue weighted by atomic mass is 10.2. The Kier molecular flexibility index (Phi) is 8.44. The smallest absolute Gasteiger partial charge is 0.202 e. The summed E-state index contributed by atoms with van der Waals surface area (Å²) in [4.78, 5) is 8.08. The fraction of sp³-hybridized carbons (Fsp3) is 0.750. The van der Waals surface area contributed by atoms with E-state index in [1.807, 2.05) is 39.0 Å². The molecule has 0 fully saturated rings. The number of nitrogens with one attached hydrogen (secondary N) is 1. The summed E-state index contributed by atoms with van der Waals surface area (Å²) < 4.78 is 0. The van der Waals surface area contributed by atoms with E-state index < -0.39 is 0 Å². The number of nitrogens with zero attached hydrogens (tertiary/aromatic N) is 3. The molecule has 100 valence electrons. The van der Waals surface area contributed by atoms with E-state index in [0.29, 0.717) is 6.04 Å². The lowest BCUT2D eigenvalue weighted by Gasteiger charge is -2.28. The first-order chi connectivity index (χ1) is 8.06. The second kappa shape index (κ2) is 9.01. The first-order valence-electron chi connectivity index (χ1n) is 5.96. The molecule has 0 radical (unpaired) electrons. The van der Waals surface area contributed by atoms with Crippen LogP contribution in [-0.2, 0) is 0 Å². The van der Waals surface area contributed by atoms with E-state index >= 15 is 0 Å². The number of aliphatic hydroxyl groups is 1. The van der Waals surface area contributed by atoms with Gasteiger partial charge in [0.1, 0.15) is 6.73 Å². The van der Waals surface area contributed by atoms with Crippen LogP contribution in [0.25, 0.3) is 0 Å². The van der Waals surface area contributed by atoms with Crippen LogP contribution < -0.4 is 5.32 Å². The molecule has 0 saturated heterocycles. The van der Waals surface area contributed by atoms with Gasteiger partial charge in [-0.15, -0.1) is 0 Å². The first kappa shape index (κ1) is 15.9. The zero-order chi connectivity index (χ0) is 13.3. The van der Waals surface area contributed by atoms with Gasteiger partial charge in [0, 0.05) is 32.9 Å². The molecule has 17 heavy (non-hydrogen) atoms. The van der Waals surface area contributed by atoms with Crippen molar-refractivity contribution < 1.29 is 5.11 Å². The normalized spacial score (nSPS) is 14.1. The Morgan fingerprint density at radius 1 is 1.41 bits per heavy atom. The third-order valence-electron chi connectivity index (χ3n) is 2.62. The number of hydrogen-bond donors (Lipinski definition) is 2. The molecule has 0 aliphatic heterocycles. The van der Waals surface area contributed by atoms with Gasteiger partial charge in [-0.1, -0.05) is 6.08 Å². The summed E-state index contributed by atoms with van der Waals surface area (Å²) >= 11 is 0. The highest BCUT2D eigenvalue weighted by molar-refractivity contribution is 5.80. The average Bonchev–Trinajstić information content (AvgIpc) is 2.35. The Morgan fingerprint density at radius 3 is 2.53 bits per heavy atom. The van der Waals surface area contributed by atoms with E-state index in [1.165, 1.54) is 0 Å². The lowest BCUT2D eigenvalue weighted by Crippen LogP contribution is -2.42. The van der Waals surface area contributed by atoms with Gasteiger partial charge in [0.15, 0.2) is 0 Å². The van der Waals surface area contributed by atoms with Crippen LogP contribution >= 0.6 is 0 Å². The van der Waals surface area contributed by atoms with Crippen molar-refractivity contribution in [2.75, 3.05) is 34.4 Å². The highest BCUT2D eigenvalue weighted by atomic mass is 16.3. The summed E-state index contributed by atoms with van der Waals surface area (Å²) in [7, 11) is 5.76. The summed E-state index contributed by atoms with van der Waals surface area (Å²) in [5.41, 5.74) is 0. The maximum atomic E-state index is 9.16. The largest absolute Gasteiger partial charge is 0.376 e. The minimum Gasteiger partial charge on any atom is -0.376 e. The molecule has 5 heteroatoms. The second-order valence-electron chi connectivity index (χ2n) is 4.15. The lowest BCUT2D eigenvalue weighted by molar-refractivity contribution is 0.177. The number of guanidine groups is 1. The van der Waals surface area contributed by atoms with Crippen LogP contribution in [0.1, 0.15) is 20.3 Å². The van der Waals surface area contributed by atoms with Crippen LogP contribution in [0.5, 0.6) is 0 Å². The van der Waals surface area contributed by atoms with Gasteiger partial charge >= 0.3 is 0 Å². The molecule has 0 aliphatic carbocycles. The molecule has 0 aliphatic rings. The Balaban J connectivity index is 4.48. The van der Waals surface area contributed by atoms with Gasteiger partial charge in [-0.2, -0.15) is 0 Å². The van der Waals surface area contributed by atoms with Crippen LogP contribution in [0.2, 0.25) is 0 Å². The molecule has 0 aromatic heterocycles. The second-order valence-corrected chi connectivity index (χ2v) is 4.15. The molecule has 0 saturated carbocycles. The molecule has 0 aromatic rings. The van der Waals surface area contributed by atoms with E-state index in [1.54, 1.807) is 11.1 Å². The predicted molar refractivity (Wildman–Crippen MR) is 72.9 cm³/mol. The van der Waals surface area contributed by atoms with Crippen molar-refractivity contribution in [1.82, 2.24) is 15.1 Å². The summed E-state index contributed by atoms with van der Waals surface area (Å²) in [6.45, 7) is 4.92. The molecular formula is C12H26N4O. The number of aliphatic imine (C=N–C) groups is 1. The van der Waals surface area contributed by atoms with Crippen molar-refractivity contribution >= 4 is 5.96 Å². The number of allylic oxidation sites excluding steroid dienone is 1. The quantitative estimate of drug-likeness (QED) is 0.409. The monoisotopic (exact) mass is 242 g/mol. The first-order valence-corrected chi connectivity index (χ1v) is 5.96. The standard InChI is InChI=1S/C12H26N4O/c1-6-8-14-12(16(5)10-17)15(4)9-7-11(2)13-3/h6,8,11,13,17H,7,9-10H2,1-5H3/b8-6+,14-12?. The van der Waals surface area contributed by atoms with Gasteiger partial charge in [-0.25, -0.2) is 4.99 Å². The zero-order valence-corrected chi connectivity index (χ0v) is 11.6. The maximum Gasteiger partial charge on any atom is 0.202 e. The summed E-state index contributed by atoms with van der Waals surface area (Å²) in [5.74, 6) is 0.772. The predicted octanol–water partition coefficient (Wildman–Crippen LogP) is 0.687. The van der Waals surface area contributed by atoms with E-state index in [9.17, 15) is 0 Å². The van der Waals surface area contributed by atoms with Crippen molar-refractivity contribution in [2.24, 2.45) is 4.99 Å². The van der Waals surface area contributed by atoms with Crippen LogP contribution in [0.3, 0.4) is 0 Å². The molecule has 1 atom stereocenters. The van der Waals surface area contributed by atoms with E-state index in [4.69, 9.17) is 5.11 Å². The van der Waals surface area contributed by atoms with Gasteiger partial charge in [0.25, 0.3) is 0 Å². The van der Waals surface area contributed by atoms with Crippen molar-refractivity contribution in [3.05, 3.63) is 12.3 Å². The van der Waals surface area contributed by atoms with Crippen LogP contribution in [0, 0.1) is 0 Å². The number of hydrogen-bond acceptors (Lipinski definition) is 3. The van der Waals surface area contributed by atoms with Gasteiger partial charge < -0.3 is 20.2 Å². The summed E-state index contributed by atoms with van der Waals surface area (Å²) in [6.07, 6.45) is 4.63. The van der Waals surface area contributed by atoms with Crippen molar-refractivity contribution in [3.63, 3.8) is 0 Å². The fourth-order valence-corrected chi connectivity index (χ4v) is 1.32. The van der Waals surface area contributed by atoms with Crippen molar-refractivity contribution in [1.29, 1.82) is 0 Å². The molecule has 1 unspecified atom stereocenters. The van der Waals surface area contributed by atoms with Crippen LogP contribution in [0.15, 0.2) is 17.3 Å². The van der Waals surface area contributed by atoms with Crippen LogP contribution in [-0.4, -0.2) is 61.3 Å². The molecule has 0 heterocycles. The number of rotatable bonds is 6. The molecule has 0 amide bonds. The molecule has 0 bridgehead atoms. The minimum atomic E-state index is -0.0394. The SMILES string of the molecule is C/C=C/N=C(N(C)CO)N(C)CCC(C)NC. The Morgan fingerprint density at radius 2 is 2.06 bits per heavy atom. The Labute approximate surface area is 105 Å². The van der Waals surface area contributed by atoms with Gasteiger partial charge in [0.05, 0.1) is 0 Å². The third-order valence-corrected chi connectivity index (χ3v) is 2.62. The molecule has 2 N–H and O–H groups in total. The Hall–Kier alpha value is -1.07. The highest BCUT2D eigenvalue weighted by Crippen LogP contribution is 1.99. The van der Waals surface area contributed by atoms with Crippen molar-refractivity contribution in [3.8, 4) is 0 Å². The van der Waals surface area contributed by atoms with E-state index in [2.05, 4.69) is 17.2 Å². The van der Waals surface area contributed by atoms with Crippen LogP contribution in [0.4, 0.5) is 0 Å². The van der Waals surface area contributed by atoms with Crippen molar-refractivity contribution in [2.45, 2.75) is 26.3 Å². The average molecular weight is 242 g/mol. The molecule has 0 spiro atoms. The van der Waals surface area contributed by atoms with E-state index in [0.717, 1.165) is 18.9 Å². The van der Waals surface area contributed by atoms with E-state index in [-0.39, 0.29) is 6.73 Å². The molecule has 0 aromatic carbocycles. The van der Waals surface area contributed by atoms with Gasteiger partial charge in [-0.05, 0) is 27.3 Å². The maximum absolute atomic E-state index is 9.16. The number of aliphatic hydroxyl groups excluding tert-OH is 1. The summed E-state index contributed by atoms with van der Waals surface area (Å²) in [5, 5.41) is 12.4. The summed E-state index contributed by atoms with van der Waals surface area (Å²) in [6, 6.07) is 0.472. The van der Waals surface area contributed by atoms with Gasteiger partial charge in [-0.3, -0.25) is 0 Å². The Bertz CT molecular complexity index is 253. The molecule has 5 nitrogen and oxygen atoms in total. The molecule has 0 rings (SSSR count). The minimum absolute atomic E-state index is 0.0394.